The van der Waals surface area contributed by atoms with Crippen LogP contribution in [-0.4, -0.2) is 74.0 Å². The van der Waals surface area contributed by atoms with Crippen LogP contribution in [0.2, 0.25) is 0 Å². The van der Waals surface area contributed by atoms with Crippen molar-refractivity contribution in [3.05, 3.63) is 29.8 Å². The molecule has 3 atom stereocenters. The highest BCUT2D eigenvalue weighted by atomic mass is 16.2. The quantitative estimate of drug-likeness (QED) is 0.855. The van der Waals surface area contributed by atoms with E-state index in [2.05, 4.69) is 46.3 Å². The molecule has 1 aliphatic carbocycles. The largest absolute Gasteiger partial charge is 0.369 e. The van der Waals surface area contributed by atoms with Crippen molar-refractivity contribution in [1.82, 2.24) is 15.1 Å². The molecule has 0 spiro atoms. The van der Waals surface area contributed by atoms with Gasteiger partial charge in [-0.25, -0.2) is 0 Å². The molecular formula is C22H32N4O2. The Balaban J connectivity index is 1.26. The minimum Gasteiger partial charge on any atom is -0.369 e. The lowest BCUT2D eigenvalue weighted by Gasteiger charge is -2.37. The molecule has 28 heavy (non-hydrogen) atoms. The summed E-state index contributed by atoms with van der Waals surface area (Å²) < 4.78 is 0. The molecule has 3 aliphatic rings. The smallest absolute Gasteiger partial charge is 0.236 e. The summed E-state index contributed by atoms with van der Waals surface area (Å²) in [6, 6.07) is 8.91. The van der Waals surface area contributed by atoms with E-state index < -0.39 is 0 Å². The number of carbonyl (C=O) groups is 2. The average Bonchev–Trinajstić information content (AvgIpc) is 3.11. The average molecular weight is 385 g/mol. The Bertz CT molecular complexity index is 729. The third-order valence-corrected chi connectivity index (χ3v) is 6.86. The van der Waals surface area contributed by atoms with Crippen LogP contribution in [0.15, 0.2) is 24.3 Å². The number of carbonyl (C=O) groups excluding carboxylic acids is 2. The third kappa shape index (κ3) is 4.17. The molecular weight excluding hydrogens is 352 g/mol. The first-order valence-electron chi connectivity index (χ1n) is 10.6. The topological polar surface area (TPSA) is 55.9 Å². The summed E-state index contributed by atoms with van der Waals surface area (Å²) in [6.45, 7) is 7.16. The lowest BCUT2D eigenvalue weighted by molar-refractivity contribution is -0.133. The monoisotopic (exact) mass is 384 g/mol. The first kappa shape index (κ1) is 19.2. The van der Waals surface area contributed by atoms with Gasteiger partial charge in [-0.1, -0.05) is 12.1 Å². The lowest BCUT2D eigenvalue weighted by atomic mass is 9.89. The van der Waals surface area contributed by atoms with Crippen molar-refractivity contribution in [2.75, 3.05) is 51.2 Å². The van der Waals surface area contributed by atoms with E-state index in [0.717, 1.165) is 45.6 Å². The number of nitrogens with one attached hydrogen (secondary N) is 1. The lowest BCUT2D eigenvalue weighted by Crippen LogP contribution is -2.50. The van der Waals surface area contributed by atoms with E-state index in [9.17, 15) is 9.59 Å². The minimum absolute atomic E-state index is 0.169. The van der Waals surface area contributed by atoms with Gasteiger partial charge in [-0.05, 0) is 49.3 Å². The maximum Gasteiger partial charge on any atom is 0.236 e. The highest BCUT2D eigenvalue weighted by molar-refractivity contribution is 5.79. The van der Waals surface area contributed by atoms with Crippen LogP contribution in [0.25, 0.3) is 0 Å². The van der Waals surface area contributed by atoms with E-state index in [1.807, 2.05) is 11.9 Å². The van der Waals surface area contributed by atoms with Gasteiger partial charge in [0.05, 0.1) is 6.54 Å². The molecule has 2 heterocycles. The Labute approximate surface area is 167 Å². The first-order chi connectivity index (χ1) is 13.5. The van der Waals surface area contributed by atoms with Crippen molar-refractivity contribution < 1.29 is 9.59 Å². The number of nitrogens with zero attached hydrogens (tertiary/aromatic N) is 3. The number of rotatable bonds is 4. The highest BCUT2D eigenvalue weighted by Crippen LogP contribution is 2.38. The van der Waals surface area contributed by atoms with Gasteiger partial charge in [-0.15, -0.1) is 0 Å². The number of piperidine rings is 1. The molecule has 6 nitrogen and oxygen atoms in total. The predicted octanol–water partition coefficient (Wildman–Crippen LogP) is 1.49. The zero-order chi connectivity index (χ0) is 19.7. The fourth-order valence-electron chi connectivity index (χ4n) is 5.05. The van der Waals surface area contributed by atoms with Crippen LogP contribution >= 0.6 is 0 Å². The molecule has 1 aromatic rings. The zero-order valence-electron chi connectivity index (χ0n) is 17.1. The van der Waals surface area contributed by atoms with Gasteiger partial charge in [-0.3, -0.25) is 14.5 Å². The summed E-state index contributed by atoms with van der Waals surface area (Å²) >= 11 is 0. The number of amides is 2. The van der Waals surface area contributed by atoms with Gasteiger partial charge in [0.25, 0.3) is 0 Å². The fourth-order valence-corrected chi connectivity index (χ4v) is 5.05. The van der Waals surface area contributed by atoms with E-state index in [4.69, 9.17) is 0 Å². The maximum atomic E-state index is 12.9. The van der Waals surface area contributed by atoms with Crippen molar-refractivity contribution >= 4 is 17.5 Å². The highest BCUT2D eigenvalue weighted by Gasteiger charge is 2.40. The first-order valence-corrected chi connectivity index (χ1v) is 10.6. The molecule has 6 heteroatoms. The van der Waals surface area contributed by atoms with Gasteiger partial charge < -0.3 is 15.1 Å². The minimum atomic E-state index is 0.169. The van der Waals surface area contributed by atoms with Crippen LogP contribution in [0, 0.1) is 18.8 Å². The molecule has 152 valence electrons. The van der Waals surface area contributed by atoms with Crippen molar-refractivity contribution in [2.45, 2.75) is 32.2 Å². The fraction of sp³-hybridized carbons (Fsp3) is 0.636. The summed E-state index contributed by atoms with van der Waals surface area (Å²) in [5, 5.41) is 2.97. The van der Waals surface area contributed by atoms with Crippen LogP contribution in [0.3, 0.4) is 0 Å². The molecule has 1 saturated carbocycles. The Kier molecular flexibility index (Phi) is 5.58. The Hall–Kier alpha value is -2.08. The summed E-state index contributed by atoms with van der Waals surface area (Å²) in [7, 11) is 1.95. The van der Waals surface area contributed by atoms with E-state index >= 15 is 0 Å². The molecule has 0 aromatic heterocycles. The number of likely N-dealkylation sites (N-methyl/N-ethyl adjacent to an activating group) is 1. The van der Waals surface area contributed by atoms with Crippen molar-refractivity contribution in [2.24, 2.45) is 11.8 Å². The Morgan fingerprint density at radius 3 is 2.68 bits per heavy atom. The van der Waals surface area contributed by atoms with Crippen molar-refractivity contribution in [3.63, 3.8) is 0 Å². The van der Waals surface area contributed by atoms with Gasteiger partial charge in [0, 0.05) is 57.9 Å². The summed E-state index contributed by atoms with van der Waals surface area (Å²) in [5.41, 5.74) is 2.56. The standard InChI is InChI=1S/C22H32N4O2/c1-16-4-3-5-19(10-16)26-8-6-25(7-9-26)15-22(28)24(2)20-11-17-13-21(27)23-14-18(17)12-20/h3-5,10,17-18,20H,6-9,11-15H2,1-2H3,(H,23,27)/t17-,18+,20-/m1/s1. The Morgan fingerprint density at radius 1 is 1.18 bits per heavy atom. The molecule has 3 fully saturated rings. The molecule has 1 N–H and O–H groups in total. The van der Waals surface area contributed by atoms with Gasteiger partial charge in [-0.2, -0.15) is 0 Å². The summed E-state index contributed by atoms with van der Waals surface area (Å²) in [4.78, 5) is 31.1. The van der Waals surface area contributed by atoms with Gasteiger partial charge in [0.15, 0.2) is 0 Å². The zero-order valence-corrected chi connectivity index (χ0v) is 17.1. The van der Waals surface area contributed by atoms with Crippen LogP contribution in [0.5, 0.6) is 0 Å². The molecule has 0 unspecified atom stereocenters. The van der Waals surface area contributed by atoms with Crippen molar-refractivity contribution in [1.29, 1.82) is 0 Å². The SMILES string of the molecule is Cc1cccc(N2CCN(CC(=O)N(C)[C@H]3C[C@H]4CNC(=O)C[C@H]4C3)CC2)c1. The van der Waals surface area contributed by atoms with Gasteiger partial charge >= 0.3 is 0 Å². The van der Waals surface area contributed by atoms with E-state index in [1.54, 1.807) is 0 Å². The second kappa shape index (κ2) is 8.11. The number of fused-ring (bicyclic) bond motifs is 1. The second-order valence-electron chi connectivity index (χ2n) is 8.76. The third-order valence-electron chi connectivity index (χ3n) is 6.86. The molecule has 4 rings (SSSR count). The van der Waals surface area contributed by atoms with Crippen LogP contribution in [-0.2, 0) is 9.59 Å². The molecule has 0 radical (unpaired) electrons. The number of piperazine rings is 1. The predicted molar refractivity (Wildman–Crippen MR) is 110 cm³/mol. The number of anilines is 1. The maximum absolute atomic E-state index is 12.9. The van der Waals surface area contributed by atoms with E-state index in [1.165, 1.54) is 11.3 Å². The number of hydrogen-bond donors (Lipinski definition) is 1. The molecule has 1 aromatic carbocycles. The van der Waals surface area contributed by atoms with Crippen LogP contribution < -0.4 is 10.2 Å². The second-order valence-corrected chi connectivity index (χ2v) is 8.76. The Morgan fingerprint density at radius 2 is 1.93 bits per heavy atom. The normalized spacial score (nSPS) is 28.0. The number of benzene rings is 1. The number of hydrogen-bond acceptors (Lipinski definition) is 4. The molecule has 2 aliphatic heterocycles. The molecule has 2 saturated heterocycles. The van der Waals surface area contributed by atoms with E-state index in [0.29, 0.717) is 24.8 Å². The number of aryl methyl sites for hydroxylation is 1. The van der Waals surface area contributed by atoms with Gasteiger partial charge in [0.1, 0.15) is 0 Å². The summed E-state index contributed by atoms with van der Waals surface area (Å²) in [6.07, 6.45) is 2.62. The van der Waals surface area contributed by atoms with Gasteiger partial charge in [0.2, 0.25) is 11.8 Å². The molecule has 2 amide bonds. The molecule has 0 bridgehead atoms. The summed E-state index contributed by atoms with van der Waals surface area (Å²) in [5.74, 6) is 1.37. The van der Waals surface area contributed by atoms with Crippen LogP contribution in [0.4, 0.5) is 5.69 Å². The van der Waals surface area contributed by atoms with E-state index in [-0.39, 0.29) is 17.9 Å². The van der Waals surface area contributed by atoms with Crippen LogP contribution in [0.1, 0.15) is 24.8 Å². The van der Waals surface area contributed by atoms with Crippen molar-refractivity contribution in [3.8, 4) is 0 Å².